The number of hydrogen-bond donors (Lipinski definition) is 0. The van der Waals surface area contributed by atoms with Crippen molar-refractivity contribution >= 4 is 74.4 Å². The molecule has 0 saturated carbocycles. The zero-order valence-corrected chi connectivity index (χ0v) is 24.7. The molecule has 1 aromatic carbocycles. The van der Waals surface area contributed by atoms with Gasteiger partial charge in [-0.2, -0.15) is 43.2 Å². The summed E-state index contributed by atoms with van der Waals surface area (Å²) < 4.78 is 142. The van der Waals surface area contributed by atoms with Gasteiger partial charge in [-0.05, 0) is 62.9 Å². The summed E-state index contributed by atoms with van der Waals surface area (Å²) >= 11 is 5.49. The number of aromatic nitrogens is 3. The maximum absolute atomic E-state index is 13.7. The summed E-state index contributed by atoms with van der Waals surface area (Å²) in [5, 5.41) is -1.12. The molecule has 0 spiro atoms. The van der Waals surface area contributed by atoms with Gasteiger partial charge >= 0.3 is 31.1 Å². The van der Waals surface area contributed by atoms with E-state index in [9.17, 15) is 52.2 Å². The van der Waals surface area contributed by atoms with E-state index in [1.54, 1.807) is 0 Å². The van der Waals surface area contributed by atoms with E-state index >= 15 is 0 Å². The lowest BCUT2D eigenvalue weighted by Crippen LogP contribution is -2.40. The number of hydrogen-bond acceptors (Lipinski definition) is 7. The number of rotatable bonds is 5. The number of fused-ring (bicyclic) bond motifs is 1. The molecule has 40 heavy (non-hydrogen) atoms. The van der Waals surface area contributed by atoms with Crippen molar-refractivity contribution in [3.05, 3.63) is 56.9 Å². The Labute approximate surface area is 240 Å². The Hall–Kier alpha value is -2.23. The van der Waals surface area contributed by atoms with Gasteiger partial charge in [0.15, 0.2) is 5.82 Å². The van der Waals surface area contributed by atoms with Crippen LogP contribution in [0.3, 0.4) is 0 Å². The molecule has 0 fully saturated rings. The Kier molecular flexibility index (Phi) is 7.87. The molecular formula is C19H12Br2F6N4O6S3. The highest BCUT2D eigenvalue weighted by molar-refractivity contribution is 9.13. The summed E-state index contributed by atoms with van der Waals surface area (Å²) in [6, 6.07) is 7.41. The third kappa shape index (κ3) is 4.92. The van der Waals surface area contributed by atoms with Crippen LogP contribution in [-0.4, -0.2) is 57.4 Å². The summed E-state index contributed by atoms with van der Waals surface area (Å²) in [5.74, 6) is -2.21. The van der Waals surface area contributed by atoms with Crippen molar-refractivity contribution in [3.8, 4) is 0 Å². The maximum atomic E-state index is 13.7. The quantitative estimate of drug-likeness (QED) is 0.354. The lowest BCUT2D eigenvalue weighted by molar-refractivity contribution is -0.0454. The third-order valence-electron chi connectivity index (χ3n) is 5.44. The minimum absolute atomic E-state index is 0.139. The van der Waals surface area contributed by atoms with Crippen LogP contribution in [0.25, 0.3) is 0 Å². The Morgan fingerprint density at radius 2 is 1.48 bits per heavy atom. The molecule has 0 bridgehead atoms. The molecule has 0 aliphatic carbocycles. The number of carbonyl (C=O) groups excluding carboxylic acids is 1. The second-order valence-electron chi connectivity index (χ2n) is 7.91. The summed E-state index contributed by atoms with van der Waals surface area (Å²) in [6.45, 7) is -0.404. The highest BCUT2D eigenvalue weighted by atomic mass is 79.9. The van der Waals surface area contributed by atoms with Crippen molar-refractivity contribution < 1.29 is 52.2 Å². The normalized spacial score (nSPS) is 15.7. The van der Waals surface area contributed by atoms with Crippen molar-refractivity contribution in [1.29, 1.82) is 0 Å². The van der Waals surface area contributed by atoms with Gasteiger partial charge in [-0.25, -0.2) is 17.1 Å². The van der Waals surface area contributed by atoms with Gasteiger partial charge in [-0.15, -0.1) is 0 Å². The number of anilines is 1. The fraction of sp³-hybridized carbons (Fsp3) is 0.263. The lowest BCUT2D eigenvalue weighted by Gasteiger charge is -2.27. The van der Waals surface area contributed by atoms with Crippen LogP contribution in [0.1, 0.15) is 22.6 Å². The predicted octanol–water partition coefficient (Wildman–Crippen LogP) is 4.36. The average molecular weight is 762 g/mol. The minimum Gasteiger partial charge on any atom is -0.290 e. The lowest BCUT2D eigenvalue weighted by atomic mass is 10.1. The first-order valence-electron chi connectivity index (χ1n) is 10.4. The van der Waals surface area contributed by atoms with Crippen molar-refractivity contribution in [3.63, 3.8) is 0 Å². The molecule has 0 saturated heterocycles. The van der Waals surface area contributed by atoms with Gasteiger partial charge < -0.3 is 0 Å². The van der Waals surface area contributed by atoms with Crippen LogP contribution < -0.4 is 4.90 Å². The number of carbonyl (C=O) groups is 1. The van der Waals surface area contributed by atoms with E-state index in [4.69, 9.17) is 0 Å². The third-order valence-corrected chi connectivity index (χ3v) is 11.9. The van der Waals surface area contributed by atoms with Crippen LogP contribution in [0, 0.1) is 0 Å². The summed E-state index contributed by atoms with van der Waals surface area (Å²) in [4.78, 5) is 17.6. The molecule has 1 unspecified atom stereocenters. The van der Waals surface area contributed by atoms with Crippen LogP contribution in [0.5, 0.6) is 0 Å². The molecule has 10 nitrogen and oxygen atoms in total. The zero-order chi connectivity index (χ0) is 30.0. The second kappa shape index (κ2) is 10.2. The number of nitrogens with zero attached hydrogens (tertiary/aromatic N) is 4. The standard InChI is InChI=1S/C19H12Br2F6N4O6S3/c20-11-9-13(30(14(11)21)39(34,35)18(22,23)24)16(32)29-8-4-7-12-15(29)28-17(31(12)40(36,37)19(25,26)27)38(33)10-5-2-1-3-6-10/h1-3,5-6,9H,4,7-8H2. The first-order valence-corrected chi connectivity index (χ1v) is 16.0. The van der Waals surface area contributed by atoms with E-state index in [2.05, 4.69) is 36.8 Å². The van der Waals surface area contributed by atoms with Gasteiger partial charge in [0, 0.05) is 11.4 Å². The molecule has 1 amide bonds. The summed E-state index contributed by atoms with van der Waals surface area (Å²) in [6.07, 6.45) is -0.618. The highest BCUT2D eigenvalue weighted by Gasteiger charge is 2.52. The average Bonchev–Trinajstić information content (AvgIpc) is 3.40. The molecule has 1 aliphatic rings. The first-order chi connectivity index (χ1) is 18.3. The van der Waals surface area contributed by atoms with Crippen LogP contribution in [0.15, 0.2) is 55.5 Å². The fourth-order valence-corrected chi connectivity index (χ4v) is 8.48. The van der Waals surface area contributed by atoms with Gasteiger partial charge in [0.05, 0.1) is 10.2 Å². The molecule has 21 heteroatoms. The Morgan fingerprint density at radius 1 is 0.925 bits per heavy atom. The SMILES string of the molecule is O=C(c1cc(Br)c(Br)n1S(=O)(=O)C(F)(F)F)N1CCCc2c1nc(S(=O)c1ccccc1)n2S(=O)(=O)C(F)(F)F. The van der Waals surface area contributed by atoms with Crippen molar-refractivity contribution in [2.75, 3.05) is 11.4 Å². The Morgan fingerprint density at radius 3 is 2.02 bits per heavy atom. The largest absolute Gasteiger partial charge is 0.517 e. The minimum atomic E-state index is -6.27. The van der Waals surface area contributed by atoms with Crippen LogP contribution in [-0.2, 0) is 37.3 Å². The number of amides is 1. The number of benzene rings is 1. The molecule has 3 heterocycles. The van der Waals surface area contributed by atoms with Crippen LogP contribution >= 0.6 is 31.9 Å². The molecule has 3 aromatic rings. The number of halogens is 8. The van der Waals surface area contributed by atoms with Crippen LogP contribution in [0.4, 0.5) is 32.2 Å². The molecular weight excluding hydrogens is 750 g/mol. The summed E-state index contributed by atoms with van der Waals surface area (Å²) in [7, 11) is -15.1. The summed E-state index contributed by atoms with van der Waals surface area (Å²) in [5.41, 5.74) is -13.6. The number of imidazole rings is 1. The van der Waals surface area contributed by atoms with Crippen molar-refractivity contribution in [1.82, 2.24) is 12.9 Å². The topological polar surface area (TPSA) is 128 Å². The molecule has 0 radical (unpaired) electrons. The molecule has 1 aliphatic heterocycles. The van der Waals surface area contributed by atoms with E-state index in [1.807, 2.05) is 0 Å². The van der Waals surface area contributed by atoms with Crippen molar-refractivity contribution in [2.45, 2.75) is 33.9 Å². The monoisotopic (exact) mass is 760 g/mol. The molecule has 218 valence electrons. The molecule has 0 N–H and O–H groups in total. The van der Waals surface area contributed by atoms with E-state index in [1.165, 1.54) is 30.3 Å². The Bertz CT molecular complexity index is 1750. The molecule has 1 atom stereocenters. The van der Waals surface area contributed by atoms with Gasteiger partial charge in [0.1, 0.15) is 21.1 Å². The second-order valence-corrected chi connectivity index (χ2v) is 14.4. The van der Waals surface area contributed by atoms with Gasteiger partial charge in [-0.3, -0.25) is 9.69 Å². The van der Waals surface area contributed by atoms with E-state index in [-0.39, 0.29) is 23.7 Å². The fourth-order valence-electron chi connectivity index (χ4n) is 3.73. The van der Waals surface area contributed by atoms with E-state index in [0.717, 1.165) is 6.07 Å². The van der Waals surface area contributed by atoms with E-state index in [0.29, 0.717) is 4.90 Å². The van der Waals surface area contributed by atoms with Crippen LogP contribution in [0.2, 0.25) is 0 Å². The van der Waals surface area contributed by atoms with Gasteiger partial charge in [0.25, 0.3) is 5.91 Å². The highest BCUT2D eigenvalue weighted by Crippen LogP contribution is 2.39. The maximum Gasteiger partial charge on any atom is 0.517 e. The van der Waals surface area contributed by atoms with Crippen molar-refractivity contribution in [2.24, 2.45) is 0 Å². The Balaban J connectivity index is 1.96. The van der Waals surface area contributed by atoms with Gasteiger partial charge in [0.2, 0.25) is 5.16 Å². The first kappa shape index (κ1) is 30.7. The zero-order valence-electron chi connectivity index (χ0n) is 19.1. The van der Waals surface area contributed by atoms with Gasteiger partial charge in [-0.1, -0.05) is 18.2 Å². The molecule has 4 rings (SSSR count). The smallest absolute Gasteiger partial charge is 0.290 e. The number of alkyl halides is 6. The molecule has 2 aromatic heterocycles. The van der Waals surface area contributed by atoms with E-state index < -0.39 is 87.7 Å². The predicted molar refractivity (Wildman–Crippen MR) is 134 cm³/mol.